The summed E-state index contributed by atoms with van der Waals surface area (Å²) in [5.41, 5.74) is 0.340. The van der Waals surface area contributed by atoms with E-state index in [4.69, 9.17) is 21.1 Å². The maximum atomic E-state index is 12.8. The number of carbonyl (C=O) groups is 4. The number of carbonyl (C=O) groups excluding carboxylic acids is 4. The van der Waals surface area contributed by atoms with Crippen molar-refractivity contribution in [1.82, 2.24) is 4.90 Å². The zero-order chi connectivity index (χ0) is 21.6. The topological polar surface area (TPSA) is 102 Å². The van der Waals surface area contributed by atoms with Crippen molar-refractivity contribution in [1.29, 1.82) is 0 Å². The second-order valence-corrected chi connectivity index (χ2v) is 8.54. The molecule has 8 nitrogen and oxygen atoms in total. The number of rotatable bonds is 6. The van der Waals surface area contributed by atoms with Crippen molar-refractivity contribution in [2.45, 2.75) is 32.2 Å². The molecule has 0 unspecified atom stereocenters. The van der Waals surface area contributed by atoms with Gasteiger partial charge in [0.15, 0.2) is 6.61 Å². The number of nitrogens with zero attached hydrogens (tertiary/aromatic N) is 1. The van der Waals surface area contributed by atoms with Gasteiger partial charge >= 0.3 is 5.97 Å². The zero-order valence-corrected chi connectivity index (χ0v) is 17.5. The molecule has 0 spiro atoms. The molecule has 3 amide bonds. The minimum absolute atomic E-state index is 0.239. The number of esters is 1. The largest absolute Gasteiger partial charge is 0.495 e. The molecule has 0 radical (unpaired) electrons. The quantitative estimate of drug-likeness (QED) is 0.544. The lowest BCUT2D eigenvalue weighted by molar-refractivity contribution is -0.159. The number of likely N-dealkylation sites (tertiary alicyclic amines) is 1. The number of hydrogen-bond donors (Lipinski definition) is 1. The van der Waals surface area contributed by atoms with E-state index >= 15 is 0 Å². The molecule has 160 valence electrons. The van der Waals surface area contributed by atoms with Gasteiger partial charge in [-0.2, -0.15) is 0 Å². The van der Waals surface area contributed by atoms with Crippen LogP contribution in [0.15, 0.2) is 18.2 Å². The van der Waals surface area contributed by atoms with E-state index in [1.807, 2.05) is 0 Å². The van der Waals surface area contributed by atoms with Gasteiger partial charge < -0.3 is 14.8 Å². The van der Waals surface area contributed by atoms with Crippen molar-refractivity contribution in [3.8, 4) is 5.75 Å². The van der Waals surface area contributed by atoms with Gasteiger partial charge in [0.25, 0.3) is 5.91 Å². The Hall–Kier alpha value is -2.61. The number of nitrogens with one attached hydrogen (secondary N) is 1. The summed E-state index contributed by atoms with van der Waals surface area (Å²) in [6.07, 6.45) is 2.85. The van der Waals surface area contributed by atoms with Crippen LogP contribution in [-0.2, 0) is 23.9 Å². The fraction of sp³-hybridized carbons (Fsp3) is 0.524. The van der Waals surface area contributed by atoms with E-state index in [2.05, 4.69) is 5.32 Å². The fourth-order valence-corrected chi connectivity index (χ4v) is 5.31. The lowest BCUT2D eigenvalue weighted by Crippen LogP contribution is -2.45. The molecule has 1 aromatic carbocycles. The third-order valence-corrected chi connectivity index (χ3v) is 6.71. The third-order valence-electron chi connectivity index (χ3n) is 6.47. The van der Waals surface area contributed by atoms with Crippen molar-refractivity contribution < 1.29 is 28.7 Å². The summed E-state index contributed by atoms with van der Waals surface area (Å²) in [6, 6.07) is 3.66. The van der Waals surface area contributed by atoms with Gasteiger partial charge in [0.1, 0.15) is 11.8 Å². The summed E-state index contributed by atoms with van der Waals surface area (Å²) in [4.78, 5) is 51.3. The number of imide groups is 1. The van der Waals surface area contributed by atoms with Crippen molar-refractivity contribution >= 4 is 41.0 Å². The van der Waals surface area contributed by atoms with Gasteiger partial charge in [-0.1, -0.05) is 11.6 Å². The lowest BCUT2D eigenvalue weighted by Gasteiger charge is -2.23. The van der Waals surface area contributed by atoms with Crippen LogP contribution in [0.5, 0.6) is 5.75 Å². The van der Waals surface area contributed by atoms with Crippen molar-refractivity contribution in [3.05, 3.63) is 23.2 Å². The summed E-state index contributed by atoms with van der Waals surface area (Å²) in [5.74, 6) is -1.67. The van der Waals surface area contributed by atoms with E-state index in [1.165, 1.54) is 20.1 Å². The first-order valence-corrected chi connectivity index (χ1v) is 10.4. The molecule has 1 saturated heterocycles. The number of benzene rings is 1. The Bertz CT molecular complexity index is 891. The van der Waals surface area contributed by atoms with Gasteiger partial charge in [-0.05, 0) is 56.2 Å². The van der Waals surface area contributed by atoms with Gasteiger partial charge in [0.05, 0.1) is 24.6 Å². The van der Waals surface area contributed by atoms with Crippen molar-refractivity contribution in [2.24, 2.45) is 23.7 Å². The zero-order valence-electron chi connectivity index (χ0n) is 16.7. The molecule has 3 aliphatic rings. The molecule has 9 heteroatoms. The van der Waals surface area contributed by atoms with Gasteiger partial charge in [0.2, 0.25) is 11.8 Å². The molecule has 3 fully saturated rings. The van der Waals surface area contributed by atoms with Crippen LogP contribution in [0.1, 0.15) is 26.2 Å². The molecule has 1 N–H and O–H groups in total. The highest BCUT2D eigenvalue weighted by Gasteiger charge is 2.62. The van der Waals surface area contributed by atoms with Crippen molar-refractivity contribution in [3.63, 3.8) is 0 Å². The maximum absolute atomic E-state index is 12.8. The van der Waals surface area contributed by atoms with Gasteiger partial charge in [-0.15, -0.1) is 0 Å². The molecule has 1 aliphatic heterocycles. The molecule has 5 atom stereocenters. The summed E-state index contributed by atoms with van der Waals surface area (Å²) in [5, 5.41) is 2.97. The fourth-order valence-electron chi connectivity index (χ4n) is 5.14. The molecule has 1 heterocycles. The summed E-state index contributed by atoms with van der Waals surface area (Å²) in [6.45, 7) is 0.895. The third kappa shape index (κ3) is 3.43. The number of hydrogen-bond acceptors (Lipinski definition) is 6. The van der Waals surface area contributed by atoms with E-state index < -0.39 is 24.5 Å². The molecule has 4 rings (SSSR count). The highest BCUT2D eigenvalue weighted by Crippen LogP contribution is 2.56. The summed E-state index contributed by atoms with van der Waals surface area (Å²) >= 11 is 5.93. The Labute approximate surface area is 178 Å². The number of amides is 3. The average molecular weight is 435 g/mol. The Morgan fingerprint density at radius 3 is 2.43 bits per heavy atom. The highest BCUT2D eigenvalue weighted by molar-refractivity contribution is 6.31. The minimum Gasteiger partial charge on any atom is -0.495 e. The molecular weight excluding hydrogens is 412 g/mol. The van der Waals surface area contributed by atoms with Crippen molar-refractivity contribution in [2.75, 3.05) is 19.0 Å². The van der Waals surface area contributed by atoms with Crippen LogP contribution in [0.2, 0.25) is 5.02 Å². The molecule has 30 heavy (non-hydrogen) atoms. The Kier molecular flexibility index (Phi) is 5.44. The maximum Gasteiger partial charge on any atom is 0.329 e. The number of anilines is 1. The second kappa shape index (κ2) is 7.91. The van der Waals surface area contributed by atoms with Crippen LogP contribution in [0, 0.1) is 23.7 Å². The van der Waals surface area contributed by atoms with E-state index in [0.29, 0.717) is 16.5 Å². The number of ether oxygens (including phenoxy) is 2. The smallest absolute Gasteiger partial charge is 0.329 e. The Balaban J connectivity index is 1.35. The molecular formula is C21H23ClN2O6. The number of halogens is 1. The first-order chi connectivity index (χ1) is 14.3. The Morgan fingerprint density at radius 1 is 1.20 bits per heavy atom. The highest BCUT2D eigenvalue weighted by atomic mass is 35.5. The monoisotopic (exact) mass is 434 g/mol. The first kappa shape index (κ1) is 20.7. The normalized spacial score (nSPS) is 27.8. The SMILES string of the molecule is COc1ccc(Cl)cc1NC(=O)COC(=O)[C@@H](C)N1C(=O)[C@@H]2[C@H]3CC[C@@H](C3)[C@@H]2C1=O. The minimum atomic E-state index is -1.07. The predicted molar refractivity (Wildman–Crippen MR) is 107 cm³/mol. The molecule has 0 aromatic heterocycles. The summed E-state index contributed by atoms with van der Waals surface area (Å²) in [7, 11) is 1.45. The van der Waals surface area contributed by atoms with Gasteiger partial charge in [0, 0.05) is 5.02 Å². The van der Waals surface area contributed by atoms with Crippen LogP contribution in [0.3, 0.4) is 0 Å². The second-order valence-electron chi connectivity index (χ2n) is 8.11. The lowest BCUT2D eigenvalue weighted by atomic mass is 9.81. The molecule has 2 aliphatic carbocycles. The molecule has 2 saturated carbocycles. The van der Waals surface area contributed by atoms with E-state index in [-0.39, 0.29) is 35.5 Å². The van der Waals surface area contributed by atoms with Gasteiger partial charge in [-0.25, -0.2) is 4.79 Å². The standard InChI is InChI=1S/C21H23ClN2O6/c1-10(24-19(26)17-11-3-4-12(7-11)18(17)20(24)27)21(28)30-9-16(25)23-14-8-13(22)5-6-15(14)29-2/h5-6,8,10-12,17-18H,3-4,7,9H2,1-2H3,(H,23,25)/t10-,11+,12+,17-,18+/m1/s1. The van der Waals surface area contributed by atoms with Crippen LogP contribution in [0.4, 0.5) is 5.69 Å². The van der Waals surface area contributed by atoms with Crippen LogP contribution in [0.25, 0.3) is 0 Å². The molecule has 2 bridgehead atoms. The van der Waals surface area contributed by atoms with Crippen LogP contribution >= 0.6 is 11.6 Å². The average Bonchev–Trinajstić information content (AvgIpc) is 3.39. The van der Waals surface area contributed by atoms with E-state index in [1.54, 1.807) is 12.1 Å². The summed E-state index contributed by atoms with van der Waals surface area (Å²) < 4.78 is 10.2. The van der Waals surface area contributed by atoms with E-state index in [0.717, 1.165) is 24.2 Å². The van der Waals surface area contributed by atoms with Gasteiger partial charge in [-0.3, -0.25) is 19.3 Å². The van der Waals surface area contributed by atoms with E-state index in [9.17, 15) is 19.2 Å². The first-order valence-electron chi connectivity index (χ1n) is 9.98. The predicted octanol–water partition coefficient (Wildman–Crippen LogP) is 2.25. The Morgan fingerprint density at radius 2 is 1.83 bits per heavy atom. The molecule has 1 aromatic rings. The number of fused-ring (bicyclic) bond motifs is 5. The van der Waals surface area contributed by atoms with Crippen LogP contribution in [-0.4, -0.2) is 48.3 Å². The van der Waals surface area contributed by atoms with Crippen LogP contribution < -0.4 is 10.1 Å². The number of methoxy groups -OCH3 is 1.